The van der Waals surface area contributed by atoms with Crippen molar-refractivity contribution < 1.29 is 9.53 Å². The van der Waals surface area contributed by atoms with Gasteiger partial charge in [0.1, 0.15) is 5.75 Å². The van der Waals surface area contributed by atoms with Crippen LogP contribution in [0.1, 0.15) is 26.3 Å². The monoisotopic (exact) mass is 250 g/mol. The highest BCUT2D eigenvalue weighted by Crippen LogP contribution is 2.29. The quantitative estimate of drug-likeness (QED) is 0.842. The van der Waals surface area contributed by atoms with Gasteiger partial charge in [0.25, 0.3) is 0 Å². The summed E-state index contributed by atoms with van der Waals surface area (Å²) in [5.41, 5.74) is 7.59. The van der Waals surface area contributed by atoms with E-state index in [1.165, 1.54) is 6.92 Å². The lowest BCUT2D eigenvalue weighted by molar-refractivity contribution is -0.114. The van der Waals surface area contributed by atoms with Crippen LogP contribution in [0.2, 0.25) is 0 Å². The molecule has 0 heterocycles. The number of benzene rings is 1. The van der Waals surface area contributed by atoms with E-state index in [2.05, 4.69) is 19.2 Å². The summed E-state index contributed by atoms with van der Waals surface area (Å²) in [5, 5.41) is 2.77. The highest BCUT2D eigenvalue weighted by atomic mass is 16.5. The fourth-order valence-corrected chi connectivity index (χ4v) is 1.79. The molecule has 0 aliphatic heterocycles. The molecule has 0 aliphatic carbocycles. The molecule has 0 aliphatic rings. The maximum absolute atomic E-state index is 11.1. The Balaban J connectivity index is 3.02. The zero-order valence-corrected chi connectivity index (χ0v) is 11.5. The average molecular weight is 250 g/mol. The first-order valence-electron chi connectivity index (χ1n) is 6.02. The Hall–Kier alpha value is -1.55. The van der Waals surface area contributed by atoms with Gasteiger partial charge >= 0.3 is 0 Å². The van der Waals surface area contributed by atoms with Gasteiger partial charge in [0.2, 0.25) is 5.91 Å². The Morgan fingerprint density at radius 3 is 2.61 bits per heavy atom. The van der Waals surface area contributed by atoms with Crippen molar-refractivity contribution in [3.05, 3.63) is 23.8 Å². The van der Waals surface area contributed by atoms with E-state index < -0.39 is 0 Å². The summed E-state index contributed by atoms with van der Waals surface area (Å²) < 4.78 is 5.34. The molecule has 0 saturated carbocycles. The minimum Gasteiger partial charge on any atom is -0.496 e. The number of nitrogens with two attached hydrogens (primary N) is 1. The Labute approximate surface area is 109 Å². The number of hydrogen-bond acceptors (Lipinski definition) is 3. The molecule has 4 nitrogen and oxygen atoms in total. The summed E-state index contributed by atoms with van der Waals surface area (Å²) in [5.74, 6) is 0.745. The van der Waals surface area contributed by atoms with Crippen LogP contribution < -0.4 is 15.8 Å². The summed E-state index contributed by atoms with van der Waals surface area (Å²) >= 11 is 0. The lowest BCUT2D eigenvalue weighted by Gasteiger charge is -2.23. The first kappa shape index (κ1) is 14.5. The van der Waals surface area contributed by atoms with Crippen molar-refractivity contribution in [1.29, 1.82) is 0 Å². The van der Waals surface area contributed by atoms with Gasteiger partial charge in [-0.15, -0.1) is 0 Å². The Morgan fingerprint density at radius 1 is 1.44 bits per heavy atom. The summed E-state index contributed by atoms with van der Waals surface area (Å²) in [6, 6.07) is 5.64. The fourth-order valence-electron chi connectivity index (χ4n) is 1.79. The van der Waals surface area contributed by atoms with E-state index in [1.807, 2.05) is 18.2 Å². The molecule has 0 aromatic heterocycles. The number of methoxy groups -OCH3 is 1. The van der Waals surface area contributed by atoms with Gasteiger partial charge < -0.3 is 15.8 Å². The van der Waals surface area contributed by atoms with Crippen molar-refractivity contribution >= 4 is 11.6 Å². The van der Waals surface area contributed by atoms with E-state index in [1.54, 1.807) is 7.11 Å². The van der Waals surface area contributed by atoms with Crippen LogP contribution in [-0.2, 0) is 11.2 Å². The smallest absolute Gasteiger partial charge is 0.221 e. The lowest BCUT2D eigenvalue weighted by Crippen LogP contribution is -2.26. The zero-order valence-electron chi connectivity index (χ0n) is 11.5. The van der Waals surface area contributed by atoms with Crippen molar-refractivity contribution in [3.63, 3.8) is 0 Å². The number of rotatable bonds is 5. The van der Waals surface area contributed by atoms with Gasteiger partial charge in [-0.25, -0.2) is 0 Å². The molecule has 0 spiro atoms. The maximum atomic E-state index is 11.1. The largest absolute Gasteiger partial charge is 0.496 e. The first-order valence-corrected chi connectivity index (χ1v) is 6.02. The molecule has 0 unspecified atom stereocenters. The van der Waals surface area contributed by atoms with Crippen LogP contribution in [-0.4, -0.2) is 19.6 Å². The van der Waals surface area contributed by atoms with Crippen LogP contribution in [0.4, 0.5) is 5.69 Å². The van der Waals surface area contributed by atoms with Crippen molar-refractivity contribution in [2.45, 2.75) is 27.2 Å². The number of ether oxygens (including phenoxy) is 1. The van der Waals surface area contributed by atoms with Gasteiger partial charge in [0, 0.05) is 12.6 Å². The predicted molar refractivity (Wildman–Crippen MR) is 73.8 cm³/mol. The number of carbonyl (C=O) groups is 1. The standard InChI is InChI=1S/C14H22N2O2/c1-10(17)16-12-5-6-13(18-4)11(7-12)8-14(2,3)9-15/h5-7H,8-9,15H2,1-4H3,(H,16,17). The Morgan fingerprint density at radius 2 is 2.11 bits per heavy atom. The van der Waals surface area contributed by atoms with Crippen LogP contribution >= 0.6 is 0 Å². The molecule has 0 fully saturated rings. The second kappa shape index (κ2) is 5.87. The SMILES string of the molecule is COc1ccc(NC(C)=O)cc1CC(C)(C)CN. The van der Waals surface area contributed by atoms with Crippen LogP contribution in [0.25, 0.3) is 0 Å². The second-order valence-electron chi connectivity index (χ2n) is 5.25. The fraction of sp³-hybridized carbons (Fsp3) is 0.500. The van der Waals surface area contributed by atoms with Crippen LogP contribution in [0, 0.1) is 5.41 Å². The van der Waals surface area contributed by atoms with E-state index >= 15 is 0 Å². The third kappa shape index (κ3) is 4.04. The van der Waals surface area contributed by atoms with Gasteiger partial charge in [-0.05, 0) is 42.1 Å². The predicted octanol–water partition coefficient (Wildman–Crippen LogP) is 2.18. The molecular weight excluding hydrogens is 228 g/mol. The van der Waals surface area contributed by atoms with E-state index in [0.717, 1.165) is 23.4 Å². The highest BCUT2D eigenvalue weighted by molar-refractivity contribution is 5.88. The van der Waals surface area contributed by atoms with Gasteiger partial charge in [-0.3, -0.25) is 4.79 Å². The number of amides is 1. The summed E-state index contributed by atoms with van der Waals surface area (Å²) in [6.45, 7) is 6.31. The van der Waals surface area contributed by atoms with E-state index in [9.17, 15) is 4.79 Å². The molecule has 0 saturated heterocycles. The van der Waals surface area contributed by atoms with Crippen molar-refractivity contribution in [1.82, 2.24) is 0 Å². The average Bonchev–Trinajstić information content (AvgIpc) is 2.28. The number of carbonyl (C=O) groups excluding carboxylic acids is 1. The molecule has 0 bridgehead atoms. The van der Waals surface area contributed by atoms with Gasteiger partial charge in [-0.1, -0.05) is 13.8 Å². The summed E-state index contributed by atoms with van der Waals surface area (Å²) in [4.78, 5) is 11.1. The lowest BCUT2D eigenvalue weighted by atomic mass is 9.85. The van der Waals surface area contributed by atoms with Gasteiger partial charge in [0.05, 0.1) is 7.11 Å². The molecule has 3 N–H and O–H groups in total. The maximum Gasteiger partial charge on any atom is 0.221 e. The minimum atomic E-state index is -0.0794. The summed E-state index contributed by atoms with van der Waals surface area (Å²) in [6.07, 6.45) is 0.806. The molecule has 1 aromatic carbocycles. The van der Waals surface area contributed by atoms with E-state index in [-0.39, 0.29) is 11.3 Å². The molecule has 1 rings (SSSR count). The molecule has 18 heavy (non-hydrogen) atoms. The van der Waals surface area contributed by atoms with Crippen LogP contribution in [0.5, 0.6) is 5.75 Å². The third-order valence-electron chi connectivity index (χ3n) is 2.82. The van der Waals surface area contributed by atoms with Crippen molar-refractivity contribution in [3.8, 4) is 5.75 Å². The highest BCUT2D eigenvalue weighted by Gasteiger charge is 2.19. The second-order valence-corrected chi connectivity index (χ2v) is 5.25. The van der Waals surface area contributed by atoms with Crippen LogP contribution in [0.15, 0.2) is 18.2 Å². The number of anilines is 1. The normalized spacial score (nSPS) is 11.2. The number of hydrogen-bond donors (Lipinski definition) is 2. The topological polar surface area (TPSA) is 64.3 Å². The molecule has 100 valence electrons. The molecule has 1 aromatic rings. The molecule has 4 heteroatoms. The number of nitrogens with one attached hydrogen (secondary N) is 1. The zero-order chi connectivity index (χ0) is 13.8. The first-order chi connectivity index (χ1) is 8.38. The van der Waals surface area contributed by atoms with Crippen molar-refractivity contribution in [2.24, 2.45) is 11.1 Å². The van der Waals surface area contributed by atoms with Crippen molar-refractivity contribution in [2.75, 3.05) is 19.0 Å². The summed E-state index contributed by atoms with van der Waals surface area (Å²) in [7, 11) is 1.65. The van der Waals surface area contributed by atoms with Gasteiger partial charge in [-0.2, -0.15) is 0 Å². The third-order valence-corrected chi connectivity index (χ3v) is 2.82. The minimum absolute atomic E-state index is 0.00211. The molecule has 0 atom stereocenters. The molecule has 1 amide bonds. The Kier molecular flexibility index (Phi) is 4.73. The molecule has 0 radical (unpaired) electrons. The van der Waals surface area contributed by atoms with Gasteiger partial charge in [0.15, 0.2) is 0 Å². The molecular formula is C14H22N2O2. The van der Waals surface area contributed by atoms with E-state index in [4.69, 9.17) is 10.5 Å². The Bertz CT molecular complexity index is 428. The van der Waals surface area contributed by atoms with Crippen LogP contribution in [0.3, 0.4) is 0 Å². The van der Waals surface area contributed by atoms with E-state index in [0.29, 0.717) is 6.54 Å².